The van der Waals surface area contributed by atoms with Crippen molar-refractivity contribution >= 4 is 27.4 Å². The number of hydrogen-bond donors (Lipinski definition) is 1. The molecule has 0 radical (unpaired) electrons. The summed E-state index contributed by atoms with van der Waals surface area (Å²) in [7, 11) is 1.79. The number of aryl methyl sites for hydroxylation is 1. The predicted molar refractivity (Wildman–Crippen MR) is 155 cm³/mol. The molecule has 0 aliphatic heterocycles. The van der Waals surface area contributed by atoms with Gasteiger partial charge in [0.25, 0.3) is 5.56 Å². The van der Waals surface area contributed by atoms with Gasteiger partial charge < -0.3 is 19.4 Å². The van der Waals surface area contributed by atoms with Crippen molar-refractivity contribution in [3.63, 3.8) is 0 Å². The number of hydrogen-bond acceptors (Lipinski definition) is 6. The molecule has 2 heterocycles. The molecular weight excluding hydrogens is 496 g/mol. The first-order valence-electron chi connectivity index (χ1n) is 13.0. The molecule has 0 fully saturated rings. The van der Waals surface area contributed by atoms with Crippen molar-refractivity contribution in [2.45, 2.75) is 58.8 Å². The van der Waals surface area contributed by atoms with E-state index in [1.165, 1.54) is 0 Å². The zero-order valence-electron chi connectivity index (χ0n) is 22.6. The molecule has 0 atom stereocenters. The number of nitrogens with zero attached hydrogens (tertiary/aromatic N) is 1. The van der Waals surface area contributed by atoms with Crippen molar-refractivity contribution in [3.05, 3.63) is 87.7 Å². The van der Waals surface area contributed by atoms with Crippen LogP contribution in [0.15, 0.2) is 71.7 Å². The molecule has 200 valence electrons. The van der Waals surface area contributed by atoms with Gasteiger partial charge in [0.05, 0.1) is 5.39 Å². The lowest BCUT2D eigenvalue weighted by Crippen LogP contribution is -2.23. The highest BCUT2D eigenvalue weighted by atomic mass is 32.1. The van der Waals surface area contributed by atoms with Gasteiger partial charge in [0.1, 0.15) is 18.0 Å². The van der Waals surface area contributed by atoms with E-state index < -0.39 is 5.60 Å². The molecule has 38 heavy (non-hydrogen) atoms. The first-order valence-corrected chi connectivity index (χ1v) is 13.8. The number of thiophene rings is 1. The first-order chi connectivity index (χ1) is 18.2. The fourth-order valence-corrected chi connectivity index (χ4v) is 5.36. The largest absolute Gasteiger partial charge is 0.489 e. The third-order valence-electron chi connectivity index (χ3n) is 6.00. The van der Waals surface area contributed by atoms with Gasteiger partial charge in [-0.25, -0.2) is 0 Å². The van der Waals surface area contributed by atoms with E-state index >= 15 is 0 Å². The maximum Gasteiger partial charge on any atom is 0.306 e. The molecule has 1 N–H and O–H groups in total. The van der Waals surface area contributed by atoms with Crippen LogP contribution >= 0.6 is 11.3 Å². The first kappa shape index (κ1) is 27.6. The van der Waals surface area contributed by atoms with E-state index in [0.717, 1.165) is 56.8 Å². The summed E-state index contributed by atoms with van der Waals surface area (Å²) in [6.45, 7) is 7.61. The van der Waals surface area contributed by atoms with E-state index in [1.807, 2.05) is 81.6 Å². The van der Waals surface area contributed by atoms with Crippen LogP contribution in [0.2, 0.25) is 0 Å². The second kappa shape index (κ2) is 12.4. The smallest absolute Gasteiger partial charge is 0.306 e. The Bertz CT molecular complexity index is 1430. The molecule has 0 amide bonds. The van der Waals surface area contributed by atoms with Crippen molar-refractivity contribution in [2.24, 2.45) is 7.05 Å². The van der Waals surface area contributed by atoms with Gasteiger partial charge in [-0.3, -0.25) is 9.59 Å². The number of carbonyl (C=O) groups excluding carboxylic acids is 1. The topological polar surface area (TPSA) is 69.6 Å². The second-order valence-electron chi connectivity index (χ2n) is 10.4. The highest BCUT2D eigenvalue weighted by Gasteiger charge is 2.16. The van der Waals surface area contributed by atoms with Gasteiger partial charge in [-0.1, -0.05) is 42.5 Å². The van der Waals surface area contributed by atoms with Crippen molar-refractivity contribution in [3.8, 4) is 16.9 Å². The zero-order valence-corrected chi connectivity index (χ0v) is 23.4. The minimum atomic E-state index is -0.442. The lowest BCUT2D eigenvalue weighted by atomic mass is 10.1. The molecular formula is C31H36N2O4S. The SMILES string of the molecule is Cn1cc(-c2cccc(OCc3ccccc3)c2)c2sc(CNCCCCC(=O)OC(C)(C)C)cc2c1=O. The molecule has 4 aromatic rings. The monoisotopic (exact) mass is 532 g/mol. The number of rotatable bonds is 11. The molecule has 2 aromatic heterocycles. The van der Waals surface area contributed by atoms with Crippen LogP contribution in [0.25, 0.3) is 21.2 Å². The Balaban J connectivity index is 1.41. The summed E-state index contributed by atoms with van der Waals surface area (Å²) in [6, 6.07) is 20.1. The van der Waals surface area contributed by atoms with Gasteiger partial charge in [0, 0.05) is 41.4 Å². The number of unbranched alkanes of at least 4 members (excludes halogenated alkanes) is 1. The van der Waals surface area contributed by atoms with Gasteiger partial charge in [-0.2, -0.15) is 0 Å². The van der Waals surface area contributed by atoms with Crippen LogP contribution in [0, 0.1) is 0 Å². The Kier molecular flexibility index (Phi) is 9.02. The lowest BCUT2D eigenvalue weighted by Gasteiger charge is -2.19. The van der Waals surface area contributed by atoms with Crippen LogP contribution in [0.1, 0.15) is 50.5 Å². The molecule has 7 heteroatoms. The second-order valence-corrected chi connectivity index (χ2v) is 11.6. The van der Waals surface area contributed by atoms with Crippen LogP contribution in [0.4, 0.5) is 0 Å². The molecule has 0 spiro atoms. The van der Waals surface area contributed by atoms with Crippen molar-refractivity contribution in [1.82, 2.24) is 9.88 Å². The Morgan fingerprint density at radius 3 is 2.58 bits per heavy atom. The summed E-state index contributed by atoms with van der Waals surface area (Å²) in [5.74, 6) is 0.637. The van der Waals surface area contributed by atoms with Crippen LogP contribution in [0.5, 0.6) is 5.75 Å². The average Bonchev–Trinajstić information content (AvgIpc) is 3.31. The molecule has 0 aliphatic rings. The Morgan fingerprint density at radius 2 is 1.82 bits per heavy atom. The Morgan fingerprint density at radius 1 is 1.03 bits per heavy atom. The van der Waals surface area contributed by atoms with Crippen molar-refractivity contribution in [2.75, 3.05) is 6.54 Å². The quantitative estimate of drug-likeness (QED) is 0.178. The van der Waals surface area contributed by atoms with E-state index in [-0.39, 0.29) is 11.5 Å². The number of nitrogens with one attached hydrogen (secondary N) is 1. The lowest BCUT2D eigenvalue weighted by molar-refractivity contribution is -0.154. The molecule has 4 rings (SSSR count). The number of ether oxygens (including phenoxy) is 2. The van der Waals surface area contributed by atoms with Crippen LogP contribution in [-0.2, 0) is 29.7 Å². The number of benzene rings is 2. The van der Waals surface area contributed by atoms with Gasteiger partial charge in [-0.15, -0.1) is 11.3 Å². The maximum absolute atomic E-state index is 12.9. The molecule has 0 bridgehead atoms. The fraction of sp³-hybridized carbons (Fsp3) is 0.355. The third kappa shape index (κ3) is 7.55. The third-order valence-corrected chi connectivity index (χ3v) is 7.17. The highest BCUT2D eigenvalue weighted by Crippen LogP contribution is 2.34. The van der Waals surface area contributed by atoms with E-state index in [2.05, 4.69) is 11.4 Å². The summed E-state index contributed by atoms with van der Waals surface area (Å²) < 4.78 is 14.0. The van der Waals surface area contributed by atoms with Crippen molar-refractivity contribution < 1.29 is 14.3 Å². The standard InChI is InChI=1S/C31H36N2O4S/c1-31(2,3)37-28(34)15-8-9-16-32-19-25-18-26-29(38-25)27(20-33(4)30(26)35)23-13-10-14-24(17-23)36-21-22-11-6-5-7-12-22/h5-7,10-14,17-18,20,32H,8-9,15-16,19,21H2,1-4H3. The van der Waals surface area contributed by atoms with Crippen LogP contribution in [0.3, 0.4) is 0 Å². The Labute approximate surface area is 228 Å². The summed E-state index contributed by atoms with van der Waals surface area (Å²) >= 11 is 1.64. The van der Waals surface area contributed by atoms with E-state index in [4.69, 9.17) is 9.47 Å². The summed E-state index contributed by atoms with van der Waals surface area (Å²) in [5, 5.41) is 4.18. The number of aromatic nitrogens is 1. The fourth-order valence-electron chi connectivity index (χ4n) is 4.21. The van der Waals surface area contributed by atoms with Crippen molar-refractivity contribution in [1.29, 1.82) is 0 Å². The number of pyridine rings is 1. The predicted octanol–water partition coefficient (Wildman–Crippen LogP) is 6.45. The molecule has 0 aliphatic carbocycles. The van der Waals surface area contributed by atoms with Gasteiger partial charge in [0.2, 0.25) is 0 Å². The number of fused-ring (bicyclic) bond motifs is 1. The van der Waals surface area contributed by atoms with Gasteiger partial charge >= 0.3 is 5.97 Å². The normalized spacial score (nSPS) is 11.6. The summed E-state index contributed by atoms with van der Waals surface area (Å²) in [4.78, 5) is 25.9. The molecule has 0 unspecified atom stereocenters. The van der Waals surface area contributed by atoms with E-state index in [0.29, 0.717) is 19.6 Å². The molecule has 2 aromatic carbocycles. The number of esters is 1. The maximum atomic E-state index is 12.9. The Hall–Kier alpha value is -3.42. The molecule has 6 nitrogen and oxygen atoms in total. The van der Waals surface area contributed by atoms with Gasteiger partial charge in [-0.05, 0) is 69.5 Å². The minimum absolute atomic E-state index is 0.0000860. The average molecular weight is 533 g/mol. The molecule has 0 saturated carbocycles. The highest BCUT2D eigenvalue weighted by molar-refractivity contribution is 7.19. The number of carbonyl (C=O) groups is 1. The molecule has 0 saturated heterocycles. The minimum Gasteiger partial charge on any atom is -0.489 e. The van der Waals surface area contributed by atoms with Crippen LogP contribution in [-0.4, -0.2) is 22.7 Å². The zero-order chi connectivity index (χ0) is 27.1. The summed E-state index contributed by atoms with van der Waals surface area (Å²) in [6.07, 6.45) is 4.00. The van der Waals surface area contributed by atoms with E-state index in [9.17, 15) is 9.59 Å². The van der Waals surface area contributed by atoms with Crippen LogP contribution < -0.4 is 15.6 Å². The summed E-state index contributed by atoms with van der Waals surface area (Å²) in [5.41, 5.74) is 2.70. The van der Waals surface area contributed by atoms with Gasteiger partial charge in [0.15, 0.2) is 0 Å². The van der Waals surface area contributed by atoms with E-state index in [1.54, 1.807) is 23.0 Å².